The first-order valence-corrected chi connectivity index (χ1v) is 8.76. The predicted molar refractivity (Wildman–Crippen MR) is 82.4 cm³/mol. The molecule has 2 aromatic carbocycles. The van der Waals surface area contributed by atoms with Crippen LogP contribution in [0.5, 0.6) is 0 Å². The highest BCUT2D eigenvalue weighted by atomic mass is 35.5. The molecule has 0 saturated heterocycles. The molecule has 0 aliphatic rings. The summed E-state index contributed by atoms with van der Waals surface area (Å²) in [6.45, 7) is 3.97. The molecule has 0 unspecified atom stereocenters. The Morgan fingerprint density at radius 3 is 1.56 bits per heavy atom. The maximum atomic E-state index is 6.21. The van der Waals surface area contributed by atoms with Crippen LogP contribution in [0.3, 0.4) is 0 Å². The Labute approximate surface area is 116 Å². The van der Waals surface area contributed by atoms with E-state index in [-0.39, 0.29) is 0 Å². The van der Waals surface area contributed by atoms with Crippen LogP contribution in [-0.4, -0.2) is 8.80 Å². The highest BCUT2D eigenvalue weighted by Gasteiger charge is 2.14. The van der Waals surface area contributed by atoms with Crippen molar-refractivity contribution in [3.63, 3.8) is 0 Å². The van der Waals surface area contributed by atoms with Gasteiger partial charge in [-0.25, -0.2) is 0 Å². The highest BCUT2D eigenvalue weighted by Crippen LogP contribution is 2.15. The van der Waals surface area contributed by atoms with Crippen LogP contribution >= 0.6 is 11.6 Å². The fourth-order valence-electron chi connectivity index (χ4n) is 2.09. The minimum Gasteiger partial charge on any atom is -0.0952 e. The van der Waals surface area contributed by atoms with Gasteiger partial charge in [-0.15, -0.1) is 0 Å². The summed E-state index contributed by atoms with van der Waals surface area (Å²) in [5, 5.41) is 0. The molecule has 0 aliphatic carbocycles. The Morgan fingerprint density at radius 1 is 0.833 bits per heavy atom. The lowest BCUT2D eigenvalue weighted by Crippen LogP contribution is -2.21. The smallest absolute Gasteiger partial charge is 0.0933 e. The Hall–Kier alpha value is -1.31. The minimum atomic E-state index is -1.19. The quantitative estimate of drug-likeness (QED) is 0.720. The van der Waals surface area contributed by atoms with Gasteiger partial charge in [0.1, 0.15) is 0 Å². The zero-order valence-electron chi connectivity index (χ0n) is 10.4. The Bertz CT molecular complexity index is 452. The third kappa shape index (κ3) is 3.86. The van der Waals surface area contributed by atoms with Crippen LogP contribution in [0.15, 0.2) is 71.9 Å². The van der Waals surface area contributed by atoms with Gasteiger partial charge in [-0.2, -0.15) is 0 Å². The normalized spacial score (nSPS) is 10.6. The molecule has 0 fully saturated rings. The molecule has 0 amide bonds. The van der Waals surface area contributed by atoms with Gasteiger partial charge in [0.25, 0.3) is 0 Å². The molecule has 0 spiro atoms. The van der Waals surface area contributed by atoms with Gasteiger partial charge in [-0.05, 0) is 16.7 Å². The van der Waals surface area contributed by atoms with E-state index in [0.717, 1.165) is 16.7 Å². The number of hydrogen-bond donors (Lipinski definition) is 0. The SMILES string of the molecule is C=C(Cl)[SiH](Cc1ccccc1)Cc1ccccc1. The van der Waals surface area contributed by atoms with Crippen LogP contribution in [0.4, 0.5) is 0 Å². The third-order valence-corrected chi connectivity index (χ3v) is 6.83. The maximum absolute atomic E-state index is 6.21. The topological polar surface area (TPSA) is 0 Å². The van der Waals surface area contributed by atoms with Crippen molar-refractivity contribution in [2.24, 2.45) is 0 Å². The van der Waals surface area contributed by atoms with Gasteiger partial charge in [0.05, 0.1) is 8.80 Å². The van der Waals surface area contributed by atoms with Crippen LogP contribution in [0.2, 0.25) is 0 Å². The number of halogens is 1. The van der Waals surface area contributed by atoms with Crippen molar-refractivity contribution in [2.75, 3.05) is 0 Å². The summed E-state index contributed by atoms with van der Waals surface area (Å²) in [7, 11) is -1.19. The van der Waals surface area contributed by atoms with Crippen LogP contribution in [-0.2, 0) is 12.1 Å². The highest BCUT2D eigenvalue weighted by molar-refractivity contribution is 6.77. The average molecular weight is 273 g/mol. The van der Waals surface area contributed by atoms with Crippen LogP contribution in [0.1, 0.15) is 11.1 Å². The number of rotatable bonds is 5. The number of benzene rings is 2. The first-order chi connectivity index (χ1) is 8.75. The lowest BCUT2D eigenvalue weighted by atomic mass is 10.2. The van der Waals surface area contributed by atoms with E-state index in [0.29, 0.717) is 0 Å². The molecular formula is C16H17ClSi. The standard InChI is InChI=1S/C16H17ClSi/c1-14(17)18(12-15-8-4-2-5-9-15)13-16-10-6-3-7-11-16/h2-11,18H,1,12-13H2. The molecule has 0 bridgehead atoms. The average Bonchev–Trinajstić information content (AvgIpc) is 2.40. The maximum Gasteiger partial charge on any atom is 0.0933 e. The van der Waals surface area contributed by atoms with E-state index >= 15 is 0 Å². The van der Waals surface area contributed by atoms with Crippen molar-refractivity contribution >= 4 is 20.4 Å². The van der Waals surface area contributed by atoms with Crippen molar-refractivity contribution in [3.8, 4) is 0 Å². The third-order valence-electron chi connectivity index (χ3n) is 3.09. The molecule has 2 aromatic rings. The molecule has 0 heterocycles. The van der Waals surface area contributed by atoms with Crippen molar-refractivity contribution in [1.82, 2.24) is 0 Å². The van der Waals surface area contributed by atoms with Crippen molar-refractivity contribution in [2.45, 2.75) is 12.1 Å². The fourth-order valence-corrected chi connectivity index (χ4v) is 4.82. The molecule has 0 radical (unpaired) electrons. The summed E-state index contributed by atoms with van der Waals surface area (Å²) >= 11 is 6.21. The van der Waals surface area contributed by atoms with Gasteiger partial charge in [-0.1, -0.05) is 90.0 Å². The van der Waals surface area contributed by atoms with Gasteiger partial charge in [-0.3, -0.25) is 0 Å². The van der Waals surface area contributed by atoms with E-state index < -0.39 is 8.80 Å². The lowest BCUT2D eigenvalue weighted by molar-refractivity contribution is 1.27. The molecule has 0 aromatic heterocycles. The van der Waals surface area contributed by atoms with E-state index in [1.807, 2.05) is 12.1 Å². The van der Waals surface area contributed by atoms with Crippen molar-refractivity contribution in [3.05, 3.63) is 83.0 Å². The molecule has 18 heavy (non-hydrogen) atoms. The van der Waals surface area contributed by atoms with Crippen LogP contribution in [0, 0.1) is 0 Å². The Balaban J connectivity index is 2.08. The molecule has 0 N–H and O–H groups in total. The zero-order chi connectivity index (χ0) is 12.8. The van der Waals surface area contributed by atoms with Gasteiger partial charge in [0.2, 0.25) is 0 Å². The van der Waals surface area contributed by atoms with E-state index in [1.54, 1.807) is 0 Å². The first-order valence-electron chi connectivity index (χ1n) is 6.18. The van der Waals surface area contributed by atoms with Crippen LogP contribution < -0.4 is 0 Å². The molecule has 0 nitrogen and oxygen atoms in total. The van der Waals surface area contributed by atoms with Gasteiger partial charge in [0.15, 0.2) is 0 Å². The van der Waals surface area contributed by atoms with Crippen molar-refractivity contribution < 1.29 is 0 Å². The summed E-state index contributed by atoms with van der Waals surface area (Å²) in [6, 6.07) is 23.3. The molecule has 0 atom stereocenters. The number of hydrogen-bond acceptors (Lipinski definition) is 0. The molecular weight excluding hydrogens is 256 g/mol. The second kappa shape index (κ2) is 6.57. The van der Waals surface area contributed by atoms with E-state index in [1.165, 1.54) is 11.1 Å². The zero-order valence-corrected chi connectivity index (χ0v) is 12.3. The van der Waals surface area contributed by atoms with E-state index in [2.05, 4.69) is 55.1 Å². The van der Waals surface area contributed by atoms with E-state index in [9.17, 15) is 0 Å². The summed E-state index contributed by atoms with van der Waals surface area (Å²) in [5.74, 6) is 0. The fraction of sp³-hybridized carbons (Fsp3) is 0.125. The summed E-state index contributed by atoms with van der Waals surface area (Å²) in [5.41, 5.74) is 2.73. The monoisotopic (exact) mass is 272 g/mol. The van der Waals surface area contributed by atoms with Crippen molar-refractivity contribution in [1.29, 1.82) is 0 Å². The van der Waals surface area contributed by atoms with E-state index in [4.69, 9.17) is 11.6 Å². The first kappa shape index (κ1) is 13.1. The van der Waals surface area contributed by atoms with Gasteiger partial charge in [0, 0.05) is 0 Å². The summed E-state index contributed by atoms with van der Waals surface area (Å²) in [4.78, 5) is 0. The second-order valence-electron chi connectivity index (χ2n) is 4.52. The summed E-state index contributed by atoms with van der Waals surface area (Å²) in [6.07, 6.45) is 0. The minimum absolute atomic E-state index is 0.878. The summed E-state index contributed by atoms with van der Waals surface area (Å²) < 4.78 is 0.878. The van der Waals surface area contributed by atoms with Gasteiger partial charge < -0.3 is 0 Å². The lowest BCUT2D eigenvalue weighted by Gasteiger charge is -2.14. The Morgan fingerprint density at radius 2 is 1.22 bits per heavy atom. The molecule has 0 aliphatic heterocycles. The second-order valence-corrected chi connectivity index (χ2v) is 8.28. The molecule has 2 rings (SSSR count). The van der Waals surface area contributed by atoms with Gasteiger partial charge >= 0.3 is 0 Å². The molecule has 92 valence electrons. The largest absolute Gasteiger partial charge is 0.0952 e. The molecule has 2 heteroatoms. The molecule has 0 saturated carbocycles. The Kier molecular flexibility index (Phi) is 4.79. The van der Waals surface area contributed by atoms with Crippen LogP contribution in [0.25, 0.3) is 0 Å². The predicted octanol–water partition coefficient (Wildman–Crippen LogP) is 4.07.